The molecule has 0 spiro atoms. The average molecular weight is 257 g/mol. The van der Waals surface area contributed by atoms with E-state index in [1.807, 2.05) is 19.2 Å². The molecule has 0 fully saturated rings. The van der Waals surface area contributed by atoms with E-state index in [-0.39, 0.29) is 6.54 Å². The molecule has 1 aromatic rings. The number of nitrogens with one attached hydrogen (secondary N) is 1. The molecule has 0 radical (unpaired) electrons. The van der Waals surface area contributed by atoms with E-state index in [0.29, 0.717) is 18.1 Å². The van der Waals surface area contributed by atoms with E-state index in [4.69, 9.17) is 5.11 Å². The molecule has 94 valence electrons. The molecule has 0 saturated carbocycles. The molecule has 0 unspecified atom stereocenters. The lowest BCUT2D eigenvalue weighted by atomic mass is 10.4. The van der Waals surface area contributed by atoms with Crippen molar-refractivity contribution in [2.45, 2.75) is 20.3 Å². The van der Waals surface area contributed by atoms with Crippen LogP contribution in [0, 0.1) is 6.92 Å². The van der Waals surface area contributed by atoms with Gasteiger partial charge in [0.2, 0.25) is 0 Å². The van der Waals surface area contributed by atoms with Crippen LogP contribution in [0.5, 0.6) is 0 Å². The SMILES string of the molecule is CCCN(CC(=O)O)C(=O)Nc1nc(C)cs1. The number of urea groups is 1. The first-order valence-electron chi connectivity index (χ1n) is 5.22. The predicted molar refractivity (Wildman–Crippen MR) is 65.4 cm³/mol. The smallest absolute Gasteiger partial charge is 0.324 e. The van der Waals surface area contributed by atoms with Crippen LogP contribution in [0.25, 0.3) is 0 Å². The Balaban J connectivity index is 2.61. The molecule has 1 aromatic heterocycles. The van der Waals surface area contributed by atoms with Crippen molar-refractivity contribution in [3.63, 3.8) is 0 Å². The second-order valence-corrected chi connectivity index (χ2v) is 4.40. The maximum Gasteiger partial charge on any atom is 0.324 e. The van der Waals surface area contributed by atoms with E-state index >= 15 is 0 Å². The van der Waals surface area contributed by atoms with Crippen LogP contribution in [0.3, 0.4) is 0 Å². The standard InChI is InChI=1S/C10H15N3O3S/c1-3-4-13(5-8(14)15)10(16)12-9-11-7(2)6-17-9/h6H,3-5H2,1-2H3,(H,14,15)(H,11,12,16). The molecule has 0 aliphatic rings. The van der Waals surface area contributed by atoms with Crippen LogP contribution in [-0.2, 0) is 4.79 Å². The van der Waals surface area contributed by atoms with Crippen LogP contribution in [-0.4, -0.2) is 40.1 Å². The largest absolute Gasteiger partial charge is 0.480 e. The first kappa shape index (κ1) is 13.4. The number of carboxylic acid groups (broad SMARTS) is 1. The molecule has 0 aliphatic heterocycles. The number of nitrogens with zero attached hydrogens (tertiary/aromatic N) is 2. The Morgan fingerprint density at radius 3 is 2.76 bits per heavy atom. The monoisotopic (exact) mass is 257 g/mol. The van der Waals surface area contributed by atoms with Crippen molar-refractivity contribution < 1.29 is 14.7 Å². The third-order valence-corrected chi connectivity index (χ3v) is 2.82. The molecule has 2 amide bonds. The Morgan fingerprint density at radius 2 is 2.29 bits per heavy atom. The average Bonchev–Trinajstić information content (AvgIpc) is 2.62. The van der Waals surface area contributed by atoms with E-state index in [2.05, 4.69) is 10.3 Å². The number of thiazole rings is 1. The van der Waals surface area contributed by atoms with Gasteiger partial charge in [-0.1, -0.05) is 6.92 Å². The summed E-state index contributed by atoms with van der Waals surface area (Å²) in [4.78, 5) is 27.7. The Labute approximate surface area is 103 Å². The van der Waals surface area contributed by atoms with Gasteiger partial charge in [0.05, 0.1) is 5.69 Å². The lowest BCUT2D eigenvalue weighted by Gasteiger charge is -2.19. The van der Waals surface area contributed by atoms with E-state index in [0.717, 1.165) is 5.69 Å². The van der Waals surface area contributed by atoms with E-state index in [1.165, 1.54) is 16.2 Å². The van der Waals surface area contributed by atoms with Crippen LogP contribution in [0.2, 0.25) is 0 Å². The summed E-state index contributed by atoms with van der Waals surface area (Å²) >= 11 is 1.32. The van der Waals surface area contributed by atoms with Gasteiger partial charge < -0.3 is 10.0 Å². The van der Waals surface area contributed by atoms with Gasteiger partial charge in [0.25, 0.3) is 0 Å². The maximum absolute atomic E-state index is 11.8. The van der Waals surface area contributed by atoms with E-state index < -0.39 is 12.0 Å². The first-order chi connectivity index (χ1) is 8.02. The van der Waals surface area contributed by atoms with Crippen LogP contribution in [0.15, 0.2) is 5.38 Å². The van der Waals surface area contributed by atoms with Crippen LogP contribution < -0.4 is 5.32 Å². The van der Waals surface area contributed by atoms with Gasteiger partial charge in [-0.25, -0.2) is 9.78 Å². The third-order valence-electron chi connectivity index (χ3n) is 1.94. The molecule has 6 nitrogen and oxygen atoms in total. The van der Waals surface area contributed by atoms with Gasteiger partial charge in [-0.2, -0.15) is 0 Å². The molecule has 17 heavy (non-hydrogen) atoms. The van der Waals surface area contributed by atoms with Crippen molar-refractivity contribution in [2.75, 3.05) is 18.4 Å². The summed E-state index contributed by atoms with van der Waals surface area (Å²) in [5.74, 6) is -1.02. The van der Waals surface area contributed by atoms with Crippen LogP contribution >= 0.6 is 11.3 Å². The highest BCUT2D eigenvalue weighted by Gasteiger charge is 2.16. The number of hydrogen-bond donors (Lipinski definition) is 2. The number of aromatic nitrogens is 1. The summed E-state index contributed by atoms with van der Waals surface area (Å²) in [7, 11) is 0. The highest BCUT2D eigenvalue weighted by Crippen LogP contribution is 2.14. The lowest BCUT2D eigenvalue weighted by Crippen LogP contribution is -2.39. The minimum atomic E-state index is -1.02. The van der Waals surface area contributed by atoms with Gasteiger partial charge in [0.1, 0.15) is 6.54 Å². The van der Waals surface area contributed by atoms with Gasteiger partial charge in [-0.15, -0.1) is 11.3 Å². The lowest BCUT2D eigenvalue weighted by molar-refractivity contribution is -0.137. The molecule has 0 saturated heterocycles. The molecule has 1 rings (SSSR count). The van der Waals surface area contributed by atoms with E-state index in [9.17, 15) is 9.59 Å². The van der Waals surface area contributed by atoms with Crippen LogP contribution in [0.4, 0.5) is 9.93 Å². The molecule has 0 aromatic carbocycles. The number of rotatable bonds is 5. The fraction of sp³-hybridized carbons (Fsp3) is 0.500. The summed E-state index contributed by atoms with van der Waals surface area (Å²) in [6.45, 7) is 3.81. The Bertz CT molecular complexity index is 405. The van der Waals surface area contributed by atoms with E-state index in [1.54, 1.807) is 0 Å². The number of anilines is 1. The van der Waals surface area contributed by atoms with Crippen molar-refractivity contribution in [3.8, 4) is 0 Å². The summed E-state index contributed by atoms with van der Waals surface area (Å²) in [5, 5.41) is 13.6. The van der Waals surface area contributed by atoms with Crippen molar-refractivity contribution in [2.24, 2.45) is 0 Å². The number of hydrogen-bond acceptors (Lipinski definition) is 4. The topological polar surface area (TPSA) is 82.5 Å². The first-order valence-corrected chi connectivity index (χ1v) is 6.10. The predicted octanol–water partition coefficient (Wildman–Crippen LogP) is 1.78. The zero-order valence-electron chi connectivity index (χ0n) is 9.77. The number of aliphatic carboxylic acids is 1. The number of carboxylic acids is 1. The number of carbonyl (C=O) groups excluding carboxylic acids is 1. The number of amides is 2. The van der Waals surface area contributed by atoms with Gasteiger partial charge >= 0.3 is 12.0 Å². The maximum atomic E-state index is 11.8. The Kier molecular flexibility index (Phi) is 4.89. The van der Waals surface area contributed by atoms with Crippen molar-refractivity contribution in [1.82, 2.24) is 9.88 Å². The Hall–Kier alpha value is -1.63. The fourth-order valence-electron chi connectivity index (χ4n) is 1.27. The second kappa shape index (κ2) is 6.19. The minimum absolute atomic E-state index is 0.302. The normalized spacial score (nSPS) is 10.0. The van der Waals surface area contributed by atoms with Gasteiger partial charge in [-0.3, -0.25) is 10.1 Å². The summed E-state index contributed by atoms with van der Waals surface area (Å²) in [5.41, 5.74) is 0.825. The molecule has 1 heterocycles. The molecular formula is C10H15N3O3S. The van der Waals surface area contributed by atoms with Crippen molar-refractivity contribution in [3.05, 3.63) is 11.1 Å². The quantitative estimate of drug-likeness (QED) is 0.842. The second-order valence-electron chi connectivity index (χ2n) is 3.54. The molecule has 0 aliphatic carbocycles. The Morgan fingerprint density at radius 1 is 1.59 bits per heavy atom. The third kappa shape index (κ3) is 4.39. The van der Waals surface area contributed by atoms with Gasteiger partial charge in [0, 0.05) is 11.9 Å². The summed E-state index contributed by atoms with van der Waals surface area (Å²) in [6, 6.07) is -0.427. The molecule has 0 atom stereocenters. The highest BCUT2D eigenvalue weighted by molar-refractivity contribution is 7.13. The highest BCUT2D eigenvalue weighted by atomic mass is 32.1. The van der Waals surface area contributed by atoms with Crippen molar-refractivity contribution >= 4 is 28.5 Å². The fourth-order valence-corrected chi connectivity index (χ4v) is 1.95. The molecule has 0 bridgehead atoms. The minimum Gasteiger partial charge on any atom is -0.480 e. The number of aryl methyl sites for hydroxylation is 1. The van der Waals surface area contributed by atoms with Gasteiger partial charge in [-0.05, 0) is 13.3 Å². The van der Waals surface area contributed by atoms with Crippen molar-refractivity contribution in [1.29, 1.82) is 0 Å². The molecular weight excluding hydrogens is 242 g/mol. The molecule has 7 heteroatoms. The summed E-state index contributed by atoms with van der Waals surface area (Å²) < 4.78 is 0. The van der Waals surface area contributed by atoms with Crippen LogP contribution in [0.1, 0.15) is 19.0 Å². The molecule has 2 N–H and O–H groups in total. The number of carbonyl (C=O) groups is 2. The zero-order valence-corrected chi connectivity index (χ0v) is 10.6. The zero-order chi connectivity index (χ0) is 12.8. The van der Waals surface area contributed by atoms with Gasteiger partial charge in [0.15, 0.2) is 5.13 Å². The summed E-state index contributed by atoms with van der Waals surface area (Å²) in [6.07, 6.45) is 0.706.